The van der Waals surface area contributed by atoms with E-state index in [-0.39, 0.29) is 20.0 Å². The van der Waals surface area contributed by atoms with Gasteiger partial charge in [0.05, 0.1) is 5.41 Å². The molecule has 7 nitrogen and oxygen atoms in total. The van der Waals surface area contributed by atoms with Crippen LogP contribution in [-0.2, 0) is 10.2 Å². The van der Waals surface area contributed by atoms with Gasteiger partial charge in [-0.3, -0.25) is 9.59 Å². The number of fused-ring (bicyclic) bond motifs is 1. The van der Waals surface area contributed by atoms with E-state index in [1.54, 1.807) is 19.3 Å². The zero-order valence-corrected chi connectivity index (χ0v) is 17.9. The smallest absolute Gasteiger partial charge is 0.251 e. The van der Waals surface area contributed by atoms with Crippen LogP contribution < -0.4 is 20.1 Å². The third-order valence-corrected chi connectivity index (χ3v) is 6.13. The van der Waals surface area contributed by atoms with Crippen molar-refractivity contribution in [2.75, 3.05) is 19.2 Å². The summed E-state index contributed by atoms with van der Waals surface area (Å²) in [4.78, 5) is 29.6. The molecule has 2 aliphatic rings. The topological polar surface area (TPSA) is 89.6 Å². The van der Waals surface area contributed by atoms with E-state index in [0.29, 0.717) is 22.9 Å². The molecule has 0 bridgehead atoms. The second-order valence-corrected chi connectivity index (χ2v) is 8.15. The van der Waals surface area contributed by atoms with Crippen LogP contribution in [0.4, 0.5) is 5.82 Å². The minimum atomic E-state index is -0.558. The highest BCUT2D eigenvalue weighted by Crippen LogP contribution is 2.51. The first-order chi connectivity index (χ1) is 15.5. The van der Waals surface area contributed by atoms with Crippen LogP contribution in [0.3, 0.4) is 0 Å². The molecule has 32 heavy (non-hydrogen) atoms. The van der Waals surface area contributed by atoms with Crippen molar-refractivity contribution in [2.45, 2.75) is 25.2 Å². The summed E-state index contributed by atoms with van der Waals surface area (Å²) in [7, 11) is 1.61. The van der Waals surface area contributed by atoms with Gasteiger partial charge >= 0.3 is 0 Å². The average Bonchev–Trinajstić information content (AvgIpc) is 3.49. The van der Waals surface area contributed by atoms with Crippen LogP contribution in [0.15, 0.2) is 54.7 Å². The van der Waals surface area contributed by atoms with Crippen molar-refractivity contribution in [3.05, 3.63) is 71.4 Å². The number of hydrogen-bond acceptors (Lipinski definition) is 5. The molecule has 0 atom stereocenters. The van der Waals surface area contributed by atoms with Gasteiger partial charge in [0, 0.05) is 25.8 Å². The Morgan fingerprint density at radius 3 is 2.62 bits per heavy atom. The Kier molecular flexibility index (Phi) is 4.81. The number of nitrogens with zero attached hydrogens (tertiary/aromatic N) is 1. The number of rotatable bonds is 5. The number of ether oxygens (including phenoxy) is 2. The van der Waals surface area contributed by atoms with Crippen molar-refractivity contribution < 1.29 is 20.5 Å². The first kappa shape index (κ1) is 20.1. The van der Waals surface area contributed by atoms with Crippen molar-refractivity contribution in [3.63, 3.8) is 0 Å². The normalized spacial score (nSPS) is 15.2. The average molecular weight is 431 g/mol. The van der Waals surface area contributed by atoms with E-state index < -0.39 is 5.41 Å². The van der Waals surface area contributed by atoms with E-state index in [0.717, 1.165) is 35.1 Å². The molecule has 1 aromatic heterocycles. The van der Waals surface area contributed by atoms with E-state index in [4.69, 9.17) is 9.47 Å². The Morgan fingerprint density at radius 2 is 1.88 bits per heavy atom. The quantitative estimate of drug-likeness (QED) is 0.636. The third-order valence-electron chi connectivity index (χ3n) is 6.13. The highest BCUT2D eigenvalue weighted by Gasteiger charge is 2.51. The van der Waals surface area contributed by atoms with Crippen LogP contribution in [0.1, 0.15) is 35.8 Å². The predicted molar refractivity (Wildman–Crippen MR) is 122 cm³/mol. The van der Waals surface area contributed by atoms with Gasteiger partial charge in [-0.2, -0.15) is 0 Å². The molecule has 1 aliphatic heterocycles. The lowest BCUT2D eigenvalue weighted by Crippen LogP contribution is -2.28. The molecule has 1 aliphatic carbocycles. The van der Waals surface area contributed by atoms with E-state index in [1.165, 1.54) is 0 Å². The molecule has 1 saturated carbocycles. The summed E-state index contributed by atoms with van der Waals surface area (Å²) in [6.07, 6.45) is 3.29. The van der Waals surface area contributed by atoms with Gasteiger partial charge in [0.25, 0.3) is 5.91 Å². The first-order valence-corrected chi connectivity index (χ1v) is 10.5. The molecule has 2 amide bonds. The van der Waals surface area contributed by atoms with Crippen molar-refractivity contribution in [3.8, 4) is 22.6 Å². The Balaban J connectivity index is 0.00000259. The fraction of sp³-hybridized carbons (Fsp3) is 0.240. The number of aryl methyl sites for hydroxylation is 1. The molecular weight excluding hydrogens is 406 g/mol. The summed E-state index contributed by atoms with van der Waals surface area (Å²) in [6, 6.07) is 14.9. The number of anilines is 1. The Hall–Kier alpha value is -3.87. The first-order valence-electron chi connectivity index (χ1n) is 10.5. The molecule has 2 heterocycles. The zero-order valence-electron chi connectivity index (χ0n) is 17.9. The maximum Gasteiger partial charge on any atom is 0.251 e. The van der Waals surface area contributed by atoms with Crippen molar-refractivity contribution in [1.29, 1.82) is 0 Å². The second-order valence-electron chi connectivity index (χ2n) is 8.15. The molecule has 3 aromatic rings. The highest BCUT2D eigenvalue weighted by molar-refractivity contribution is 6.01. The molecule has 0 spiro atoms. The number of amides is 2. The standard InChI is InChI=1S/C25H23N3O4.H2/c1-15-10-22(27-13-19(15)16-4-3-5-17(11-16)23(29)26-2)28-24(30)25(8-9-25)18-6-7-20-21(12-18)32-14-31-20;/h3-7,10-13H,8-9,14H2,1-2H3,(H,26,29)(H,27,28,30);1H. The molecule has 0 unspecified atom stereocenters. The highest BCUT2D eigenvalue weighted by atomic mass is 16.7. The second kappa shape index (κ2) is 7.67. The van der Waals surface area contributed by atoms with E-state index in [2.05, 4.69) is 15.6 Å². The molecule has 1 fully saturated rings. The number of pyridine rings is 1. The van der Waals surface area contributed by atoms with Gasteiger partial charge in [0.2, 0.25) is 12.7 Å². The summed E-state index contributed by atoms with van der Waals surface area (Å²) in [6.45, 7) is 2.17. The Labute approximate surface area is 187 Å². The lowest BCUT2D eigenvalue weighted by Gasteiger charge is -2.17. The Bertz CT molecular complexity index is 1240. The molecule has 2 aromatic carbocycles. The largest absolute Gasteiger partial charge is 0.454 e. The molecule has 2 N–H and O–H groups in total. The SMILES string of the molecule is CNC(=O)c1cccc(-c2cnc(NC(=O)C3(c4ccc5c(c4)OCO5)CC3)cc2C)c1.[HH]. The number of carbonyl (C=O) groups is 2. The van der Waals surface area contributed by atoms with Gasteiger partial charge in [0.1, 0.15) is 5.82 Å². The number of hydrogen-bond donors (Lipinski definition) is 2. The van der Waals surface area contributed by atoms with Crippen molar-refractivity contribution >= 4 is 17.6 Å². The molecule has 7 heteroatoms. The van der Waals surface area contributed by atoms with Gasteiger partial charge in [-0.05, 0) is 66.8 Å². The van der Waals surface area contributed by atoms with Crippen molar-refractivity contribution in [1.82, 2.24) is 10.3 Å². The lowest BCUT2D eigenvalue weighted by atomic mass is 9.94. The number of nitrogens with one attached hydrogen (secondary N) is 2. The van der Waals surface area contributed by atoms with Gasteiger partial charge in [-0.1, -0.05) is 18.2 Å². The monoisotopic (exact) mass is 431 g/mol. The molecule has 5 rings (SSSR count). The summed E-state index contributed by atoms with van der Waals surface area (Å²) in [5.74, 6) is 1.68. The fourth-order valence-electron chi connectivity index (χ4n) is 4.10. The van der Waals surface area contributed by atoms with E-state index in [1.807, 2.05) is 49.4 Å². The number of aromatic nitrogens is 1. The van der Waals surface area contributed by atoms with Gasteiger partial charge in [-0.15, -0.1) is 0 Å². The van der Waals surface area contributed by atoms with Crippen LogP contribution in [0.2, 0.25) is 0 Å². The maximum atomic E-state index is 13.1. The van der Waals surface area contributed by atoms with Crippen LogP contribution in [0.5, 0.6) is 11.5 Å². The lowest BCUT2D eigenvalue weighted by molar-refractivity contribution is -0.118. The van der Waals surface area contributed by atoms with Crippen LogP contribution >= 0.6 is 0 Å². The minimum Gasteiger partial charge on any atom is -0.454 e. The minimum absolute atomic E-state index is 0. The zero-order chi connectivity index (χ0) is 22.3. The summed E-state index contributed by atoms with van der Waals surface area (Å²) in [5.41, 5.74) is 3.72. The maximum absolute atomic E-state index is 13.1. The van der Waals surface area contributed by atoms with Gasteiger partial charge < -0.3 is 20.1 Å². The predicted octanol–water partition coefficient (Wildman–Crippen LogP) is 4.06. The Morgan fingerprint density at radius 1 is 1.06 bits per heavy atom. The summed E-state index contributed by atoms with van der Waals surface area (Å²) in [5, 5.41) is 5.62. The summed E-state index contributed by atoms with van der Waals surface area (Å²) >= 11 is 0. The van der Waals surface area contributed by atoms with Crippen LogP contribution in [-0.4, -0.2) is 30.6 Å². The van der Waals surface area contributed by atoms with Crippen molar-refractivity contribution in [2.24, 2.45) is 0 Å². The van der Waals surface area contributed by atoms with E-state index >= 15 is 0 Å². The van der Waals surface area contributed by atoms with Crippen LogP contribution in [0.25, 0.3) is 11.1 Å². The van der Waals surface area contributed by atoms with Crippen LogP contribution in [0, 0.1) is 6.92 Å². The van der Waals surface area contributed by atoms with Gasteiger partial charge in [-0.25, -0.2) is 4.98 Å². The van der Waals surface area contributed by atoms with E-state index in [9.17, 15) is 9.59 Å². The number of benzene rings is 2. The fourth-order valence-corrected chi connectivity index (χ4v) is 4.10. The third kappa shape index (κ3) is 3.45. The van der Waals surface area contributed by atoms with Gasteiger partial charge in [0.15, 0.2) is 11.5 Å². The molecular formula is C25H25N3O4. The molecule has 0 radical (unpaired) electrons. The molecule has 0 saturated heterocycles. The number of carbonyl (C=O) groups excluding carboxylic acids is 2. The molecule has 164 valence electrons. The summed E-state index contributed by atoms with van der Waals surface area (Å²) < 4.78 is 10.8.